The number of hydrogen-bond donors (Lipinski definition) is 2. The predicted octanol–water partition coefficient (Wildman–Crippen LogP) is 4.13. The highest BCUT2D eigenvalue weighted by molar-refractivity contribution is 7.92. The summed E-state index contributed by atoms with van der Waals surface area (Å²) in [6.07, 6.45) is 0.800. The minimum Gasteiger partial charge on any atom is -0.372 e. The molecule has 3 aromatic carbocycles. The van der Waals surface area contributed by atoms with Crippen molar-refractivity contribution in [2.75, 3.05) is 29.3 Å². The van der Waals surface area contributed by atoms with E-state index in [2.05, 4.69) is 34.0 Å². The molecule has 0 bridgehead atoms. The van der Waals surface area contributed by atoms with Gasteiger partial charge in [0, 0.05) is 36.6 Å². The number of anilines is 2. The van der Waals surface area contributed by atoms with Gasteiger partial charge in [0.25, 0.3) is 15.9 Å². The fourth-order valence-corrected chi connectivity index (χ4v) is 4.29. The van der Waals surface area contributed by atoms with Gasteiger partial charge in [-0.05, 0) is 55.8 Å². The summed E-state index contributed by atoms with van der Waals surface area (Å²) in [5.74, 6) is -0.233. The fraction of sp³-hybridized carbons (Fsp3) is 0.208. The van der Waals surface area contributed by atoms with Crippen molar-refractivity contribution in [3.8, 4) is 0 Å². The lowest BCUT2D eigenvalue weighted by Gasteiger charge is -2.23. The van der Waals surface area contributed by atoms with Crippen LogP contribution in [0.1, 0.15) is 23.7 Å². The van der Waals surface area contributed by atoms with Crippen LogP contribution in [-0.4, -0.2) is 34.0 Å². The molecule has 0 spiro atoms. The summed E-state index contributed by atoms with van der Waals surface area (Å²) in [5.41, 5.74) is 1.91. The molecule has 3 rings (SSSR count). The van der Waals surface area contributed by atoms with E-state index in [1.807, 2.05) is 18.2 Å². The van der Waals surface area contributed by atoms with Gasteiger partial charge in [0.1, 0.15) is 0 Å². The van der Waals surface area contributed by atoms with E-state index in [9.17, 15) is 13.2 Å². The van der Waals surface area contributed by atoms with Gasteiger partial charge >= 0.3 is 0 Å². The Hall–Kier alpha value is -3.32. The Labute approximate surface area is 184 Å². The van der Waals surface area contributed by atoms with Crippen molar-refractivity contribution >= 4 is 27.3 Å². The number of amides is 1. The third-order valence-corrected chi connectivity index (χ3v) is 6.22. The van der Waals surface area contributed by atoms with Gasteiger partial charge in [-0.25, -0.2) is 8.42 Å². The molecular formula is C24H27N3O3S. The van der Waals surface area contributed by atoms with Crippen molar-refractivity contribution in [1.82, 2.24) is 5.32 Å². The average Bonchev–Trinajstić information content (AvgIpc) is 2.80. The van der Waals surface area contributed by atoms with Crippen LogP contribution in [0.15, 0.2) is 89.8 Å². The molecule has 0 aliphatic carbocycles. The van der Waals surface area contributed by atoms with Gasteiger partial charge in [0.15, 0.2) is 0 Å². The van der Waals surface area contributed by atoms with Crippen molar-refractivity contribution in [2.24, 2.45) is 0 Å². The smallest absolute Gasteiger partial charge is 0.261 e. The van der Waals surface area contributed by atoms with Crippen LogP contribution < -0.4 is 14.9 Å². The predicted molar refractivity (Wildman–Crippen MR) is 125 cm³/mol. The fourth-order valence-electron chi connectivity index (χ4n) is 3.22. The third-order valence-electron chi connectivity index (χ3n) is 4.82. The van der Waals surface area contributed by atoms with Crippen molar-refractivity contribution in [1.29, 1.82) is 0 Å². The van der Waals surface area contributed by atoms with Crippen molar-refractivity contribution < 1.29 is 13.2 Å². The number of nitrogens with one attached hydrogen (secondary N) is 2. The Morgan fingerprint density at radius 1 is 0.903 bits per heavy atom. The lowest BCUT2D eigenvalue weighted by molar-refractivity contribution is 0.0953. The van der Waals surface area contributed by atoms with E-state index in [1.165, 1.54) is 18.2 Å². The SMILES string of the molecule is CCN(CCCNC(=O)c1cccc(NS(=O)(=O)c2ccccc2)c1)c1ccccc1. The average molecular weight is 438 g/mol. The van der Waals surface area contributed by atoms with Crippen molar-refractivity contribution in [3.63, 3.8) is 0 Å². The molecule has 7 heteroatoms. The molecule has 6 nitrogen and oxygen atoms in total. The molecule has 2 N–H and O–H groups in total. The Bertz CT molecular complexity index is 1090. The van der Waals surface area contributed by atoms with Gasteiger partial charge in [0.05, 0.1) is 4.90 Å². The molecule has 1 amide bonds. The molecule has 0 aromatic heterocycles. The molecule has 0 aliphatic rings. The maximum absolute atomic E-state index is 12.5. The quantitative estimate of drug-likeness (QED) is 0.468. The zero-order valence-corrected chi connectivity index (χ0v) is 18.3. The van der Waals surface area contributed by atoms with E-state index >= 15 is 0 Å². The van der Waals surface area contributed by atoms with Gasteiger partial charge in [0.2, 0.25) is 0 Å². The Morgan fingerprint density at radius 2 is 1.58 bits per heavy atom. The van der Waals surface area contributed by atoms with Crippen LogP contribution in [0.4, 0.5) is 11.4 Å². The second-order valence-corrected chi connectivity index (χ2v) is 8.71. The van der Waals surface area contributed by atoms with Gasteiger partial charge in [-0.2, -0.15) is 0 Å². The summed E-state index contributed by atoms with van der Waals surface area (Å²) in [6.45, 7) is 4.36. The van der Waals surface area contributed by atoms with Crippen LogP contribution in [0.25, 0.3) is 0 Å². The molecule has 31 heavy (non-hydrogen) atoms. The van der Waals surface area contributed by atoms with E-state index in [-0.39, 0.29) is 10.8 Å². The molecular weight excluding hydrogens is 410 g/mol. The van der Waals surface area contributed by atoms with Crippen LogP contribution in [0.2, 0.25) is 0 Å². The second-order valence-electron chi connectivity index (χ2n) is 7.02. The van der Waals surface area contributed by atoms with Gasteiger partial charge in [-0.1, -0.05) is 42.5 Å². The topological polar surface area (TPSA) is 78.5 Å². The Balaban J connectivity index is 1.54. The van der Waals surface area contributed by atoms with Crippen LogP contribution in [0, 0.1) is 0 Å². The molecule has 0 saturated carbocycles. The van der Waals surface area contributed by atoms with Crippen molar-refractivity contribution in [3.05, 3.63) is 90.5 Å². The van der Waals surface area contributed by atoms with Gasteiger partial charge < -0.3 is 10.2 Å². The standard InChI is InChI=1S/C24H27N3O3S/c1-2-27(22-13-5-3-6-14-22)18-10-17-25-24(28)20-11-9-12-21(19-20)26-31(29,30)23-15-7-4-8-16-23/h3-9,11-16,19,26H,2,10,17-18H2,1H3,(H,25,28). The minimum atomic E-state index is -3.70. The van der Waals surface area contributed by atoms with Crippen LogP contribution in [0.3, 0.4) is 0 Å². The van der Waals surface area contributed by atoms with Crippen LogP contribution in [0.5, 0.6) is 0 Å². The first-order valence-corrected chi connectivity index (χ1v) is 11.7. The van der Waals surface area contributed by atoms with Crippen molar-refractivity contribution in [2.45, 2.75) is 18.2 Å². The summed E-state index contributed by atoms with van der Waals surface area (Å²) < 4.78 is 27.5. The van der Waals surface area contributed by atoms with E-state index in [0.717, 1.165) is 25.2 Å². The molecule has 0 saturated heterocycles. The second kappa shape index (κ2) is 10.6. The number of hydrogen-bond acceptors (Lipinski definition) is 4. The maximum atomic E-state index is 12.5. The summed E-state index contributed by atoms with van der Waals surface area (Å²) in [5, 5.41) is 2.91. The monoisotopic (exact) mass is 437 g/mol. The van der Waals surface area contributed by atoms with Crippen LogP contribution >= 0.6 is 0 Å². The highest BCUT2D eigenvalue weighted by atomic mass is 32.2. The maximum Gasteiger partial charge on any atom is 0.261 e. The number of carbonyl (C=O) groups excluding carboxylic acids is 1. The highest BCUT2D eigenvalue weighted by Crippen LogP contribution is 2.17. The highest BCUT2D eigenvalue weighted by Gasteiger charge is 2.14. The van der Waals surface area contributed by atoms with Gasteiger partial charge in [-0.15, -0.1) is 0 Å². The normalized spacial score (nSPS) is 11.0. The summed E-state index contributed by atoms with van der Waals surface area (Å²) >= 11 is 0. The summed E-state index contributed by atoms with van der Waals surface area (Å²) in [4.78, 5) is 14.9. The Kier molecular flexibility index (Phi) is 7.67. The van der Waals surface area contributed by atoms with E-state index in [4.69, 9.17) is 0 Å². The van der Waals surface area contributed by atoms with Crippen LogP contribution in [-0.2, 0) is 10.0 Å². The number of sulfonamides is 1. The first kappa shape index (κ1) is 22.4. The van der Waals surface area contributed by atoms with E-state index in [1.54, 1.807) is 36.4 Å². The van der Waals surface area contributed by atoms with E-state index in [0.29, 0.717) is 17.8 Å². The molecule has 0 atom stereocenters. The Morgan fingerprint density at radius 3 is 2.26 bits per heavy atom. The largest absolute Gasteiger partial charge is 0.372 e. The lowest BCUT2D eigenvalue weighted by atomic mass is 10.2. The van der Waals surface area contributed by atoms with Gasteiger partial charge in [-0.3, -0.25) is 9.52 Å². The number of carbonyl (C=O) groups is 1. The molecule has 3 aromatic rings. The molecule has 0 fully saturated rings. The first-order valence-electron chi connectivity index (χ1n) is 10.3. The minimum absolute atomic E-state index is 0.170. The number of benzene rings is 3. The molecule has 162 valence electrons. The third kappa shape index (κ3) is 6.33. The lowest BCUT2D eigenvalue weighted by Crippen LogP contribution is -2.30. The first-order chi connectivity index (χ1) is 15.0. The van der Waals surface area contributed by atoms with E-state index < -0.39 is 10.0 Å². The molecule has 0 aliphatic heterocycles. The molecule has 0 heterocycles. The number of rotatable bonds is 10. The molecule has 0 radical (unpaired) electrons. The summed E-state index contributed by atoms with van der Waals surface area (Å²) in [7, 11) is -3.70. The summed E-state index contributed by atoms with van der Waals surface area (Å²) in [6, 6.07) is 24.8. The zero-order chi connectivity index (χ0) is 22.1. The number of nitrogens with zero attached hydrogens (tertiary/aromatic N) is 1. The zero-order valence-electron chi connectivity index (χ0n) is 17.5. The molecule has 0 unspecified atom stereocenters. The number of para-hydroxylation sites is 1.